The molecule has 5 heteroatoms. The van der Waals surface area contributed by atoms with Crippen LogP contribution in [0.1, 0.15) is 31.9 Å². The molecular formula is C16H21NO2S2. The van der Waals surface area contributed by atoms with Gasteiger partial charge in [0.05, 0.1) is 10.6 Å². The molecule has 0 saturated heterocycles. The third kappa shape index (κ3) is 7.90. The summed E-state index contributed by atoms with van der Waals surface area (Å²) in [7, 11) is 0. The minimum Gasteiger partial charge on any atom is -0.481 e. The number of rotatable bonds is 5. The van der Waals surface area contributed by atoms with Gasteiger partial charge in [-0.25, -0.2) is 0 Å². The molecule has 0 spiro atoms. The average molecular weight is 323 g/mol. The van der Waals surface area contributed by atoms with E-state index in [2.05, 4.69) is 0 Å². The van der Waals surface area contributed by atoms with E-state index in [1.807, 2.05) is 61.7 Å². The van der Waals surface area contributed by atoms with Gasteiger partial charge in [0, 0.05) is 11.3 Å². The first-order chi connectivity index (χ1) is 9.99. The molecule has 0 aliphatic heterocycles. The number of thioether (sulfide) groups is 1. The van der Waals surface area contributed by atoms with Crippen molar-refractivity contribution in [3.8, 4) is 0 Å². The molecule has 0 saturated carbocycles. The lowest BCUT2D eigenvalue weighted by atomic mass is 10.1. The number of carboxylic acid groups (broad SMARTS) is 1. The number of aliphatic carboxylic acids is 1. The normalized spacial score (nSPS) is 12.9. The second kappa shape index (κ2) is 9.60. The highest BCUT2D eigenvalue weighted by Crippen LogP contribution is 2.28. The van der Waals surface area contributed by atoms with Crippen LogP contribution in [0.3, 0.4) is 0 Å². The predicted octanol–water partition coefficient (Wildman–Crippen LogP) is 4.41. The van der Waals surface area contributed by atoms with E-state index < -0.39 is 5.97 Å². The summed E-state index contributed by atoms with van der Waals surface area (Å²) in [4.78, 5) is 10.3. The van der Waals surface area contributed by atoms with Crippen molar-refractivity contribution >= 4 is 29.1 Å². The van der Waals surface area contributed by atoms with Gasteiger partial charge in [-0.15, -0.1) is 23.1 Å². The molecular weight excluding hydrogens is 302 g/mol. The van der Waals surface area contributed by atoms with E-state index in [1.54, 1.807) is 23.1 Å². The van der Waals surface area contributed by atoms with Crippen molar-refractivity contribution in [2.24, 2.45) is 5.73 Å². The Hall–Kier alpha value is -1.30. The first-order valence-electron chi connectivity index (χ1n) is 6.71. The van der Waals surface area contributed by atoms with E-state index >= 15 is 0 Å². The quantitative estimate of drug-likeness (QED) is 0.800. The third-order valence-electron chi connectivity index (χ3n) is 2.60. The highest BCUT2D eigenvalue weighted by atomic mass is 32.2. The van der Waals surface area contributed by atoms with Gasteiger partial charge < -0.3 is 10.8 Å². The lowest BCUT2D eigenvalue weighted by molar-refractivity contribution is -0.136. The molecule has 2 rings (SSSR count). The van der Waals surface area contributed by atoms with E-state index in [4.69, 9.17) is 10.8 Å². The SMILES string of the molecule is CC(N)c1ccccc1.C[C@H](CC(=O)O)Sc1cccs1. The summed E-state index contributed by atoms with van der Waals surface area (Å²) in [5, 5.41) is 10.7. The van der Waals surface area contributed by atoms with E-state index in [9.17, 15) is 4.79 Å². The molecule has 0 fully saturated rings. The van der Waals surface area contributed by atoms with Gasteiger partial charge in [-0.05, 0) is 23.9 Å². The molecule has 1 unspecified atom stereocenters. The van der Waals surface area contributed by atoms with Crippen LogP contribution in [0.25, 0.3) is 0 Å². The molecule has 2 aromatic rings. The number of carbonyl (C=O) groups is 1. The Bertz CT molecular complexity index is 512. The molecule has 21 heavy (non-hydrogen) atoms. The zero-order valence-electron chi connectivity index (χ0n) is 12.2. The largest absolute Gasteiger partial charge is 0.481 e. The fraction of sp³-hybridized carbons (Fsp3) is 0.312. The minimum absolute atomic E-state index is 0.154. The van der Waals surface area contributed by atoms with Gasteiger partial charge >= 0.3 is 5.97 Å². The Morgan fingerprint density at radius 1 is 1.24 bits per heavy atom. The third-order valence-corrected chi connectivity index (χ3v) is 4.78. The van der Waals surface area contributed by atoms with Crippen molar-refractivity contribution in [2.75, 3.05) is 0 Å². The molecule has 2 atom stereocenters. The molecule has 114 valence electrons. The van der Waals surface area contributed by atoms with Crippen molar-refractivity contribution in [3.63, 3.8) is 0 Å². The smallest absolute Gasteiger partial charge is 0.304 e. The Morgan fingerprint density at radius 2 is 1.90 bits per heavy atom. The standard InChI is InChI=1S/C8H11N.C8H10O2S2/c1-7(9)8-5-3-2-4-6-8;1-6(5-7(9)10)12-8-3-2-4-11-8/h2-7H,9H2,1H3;2-4,6H,5H2,1H3,(H,9,10)/t;6-/m.1/s1. The van der Waals surface area contributed by atoms with Gasteiger partial charge in [0.25, 0.3) is 0 Å². The van der Waals surface area contributed by atoms with Crippen LogP contribution in [0.5, 0.6) is 0 Å². The van der Waals surface area contributed by atoms with Crippen LogP contribution in [-0.4, -0.2) is 16.3 Å². The summed E-state index contributed by atoms with van der Waals surface area (Å²) in [6, 6.07) is 14.2. The summed E-state index contributed by atoms with van der Waals surface area (Å²) < 4.78 is 1.18. The molecule has 3 nitrogen and oxygen atoms in total. The maximum atomic E-state index is 10.3. The van der Waals surface area contributed by atoms with Gasteiger partial charge in [0.15, 0.2) is 0 Å². The summed E-state index contributed by atoms with van der Waals surface area (Å²) in [6.45, 7) is 3.91. The Kier molecular flexibility index (Phi) is 8.12. The van der Waals surface area contributed by atoms with E-state index in [0.717, 1.165) is 0 Å². The summed E-state index contributed by atoms with van der Waals surface area (Å²) in [6.07, 6.45) is 0.225. The first kappa shape index (κ1) is 17.8. The lowest BCUT2D eigenvalue weighted by Gasteiger charge is -2.04. The van der Waals surface area contributed by atoms with Crippen LogP contribution < -0.4 is 5.73 Å². The monoisotopic (exact) mass is 323 g/mol. The Balaban J connectivity index is 0.000000219. The van der Waals surface area contributed by atoms with Crippen LogP contribution in [0.4, 0.5) is 0 Å². The van der Waals surface area contributed by atoms with Crippen molar-refractivity contribution in [2.45, 2.75) is 35.8 Å². The number of benzene rings is 1. The number of hydrogen-bond acceptors (Lipinski definition) is 4. The molecule has 1 heterocycles. The average Bonchev–Trinajstić information content (AvgIpc) is 2.92. The van der Waals surface area contributed by atoms with Crippen molar-refractivity contribution in [3.05, 3.63) is 53.4 Å². The van der Waals surface area contributed by atoms with Crippen molar-refractivity contribution in [1.82, 2.24) is 0 Å². The summed E-state index contributed by atoms with van der Waals surface area (Å²) in [5.41, 5.74) is 6.81. The lowest BCUT2D eigenvalue weighted by Crippen LogP contribution is -2.04. The van der Waals surface area contributed by atoms with Gasteiger partial charge in [0.1, 0.15) is 0 Å². The Morgan fingerprint density at radius 3 is 2.33 bits per heavy atom. The summed E-state index contributed by atoms with van der Waals surface area (Å²) in [5.74, 6) is -0.730. The van der Waals surface area contributed by atoms with Gasteiger partial charge in [-0.2, -0.15) is 0 Å². The second-order valence-corrected chi connectivity index (χ2v) is 7.34. The van der Waals surface area contributed by atoms with Crippen LogP contribution >= 0.6 is 23.1 Å². The van der Waals surface area contributed by atoms with Crippen LogP contribution in [0.15, 0.2) is 52.1 Å². The number of hydrogen-bond donors (Lipinski definition) is 2. The van der Waals surface area contributed by atoms with Crippen LogP contribution in [-0.2, 0) is 4.79 Å². The highest BCUT2D eigenvalue weighted by Gasteiger charge is 2.08. The van der Waals surface area contributed by atoms with Crippen molar-refractivity contribution < 1.29 is 9.90 Å². The van der Waals surface area contributed by atoms with Crippen LogP contribution in [0, 0.1) is 0 Å². The second-order valence-electron chi connectivity index (χ2n) is 4.66. The number of carboxylic acids is 1. The zero-order chi connectivity index (χ0) is 15.7. The topological polar surface area (TPSA) is 63.3 Å². The van der Waals surface area contributed by atoms with Gasteiger partial charge in [-0.3, -0.25) is 4.79 Å². The molecule has 1 aromatic carbocycles. The fourth-order valence-corrected chi connectivity index (χ4v) is 3.68. The molecule has 1 aromatic heterocycles. The van der Waals surface area contributed by atoms with Gasteiger partial charge in [-0.1, -0.05) is 43.3 Å². The minimum atomic E-state index is -0.730. The zero-order valence-corrected chi connectivity index (χ0v) is 13.9. The summed E-state index contributed by atoms with van der Waals surface area (Å²) >= 11 is 3.26. The van der Waals surface area contributed by atoms with E-state index in [0.29, 0.717) is 0 Å². The van der Waals surface area contributed by atoms with E-state index in [1.165, 1.54) is 9.77 Å². The molecule has 0 bridgehead atoms. The maximum Gasteiger partial charge on any atom is 0.304 e. The van der Waals surface area contributed by atoms with Gasteiger partial charge in [0.2, 0.25) is 0 Å². The van der Waals surface area contributed by atoms with E-state index in [-0.39, 0.29) is 17.7 Å². The molecule has 0 amide bonds. The molecule has 0 aliphatic carbocycles. The van der Waals surface area contributed by atoms with Crippen LogP contribution in [0.2, 0.25) is 0 Å². The maximum absolute atomic E-state index is 10.3. The molecule has 3 N–H and O–H groups in total. The highest BCUT2D eigenvalue weighted by molar-refractivity contribution is 8.01. The first-order valence-corrected chi connectivity index (χ1v) is 8.47. The predicted molar refractivity (Wildman–Crippen MR) is 90.9 cm³/mol. The fourth-order valence-electron chi connectivity index (χ4n) is 1.57. The molecule has 0 radical (unpaired) electrons. The number of nitrogens with two attached hydrogens (primary N) is 1. The van der Waals surface area contributed by atoms with Crippen molar-refractivity contribution in [1.29, 1.82) is 0 Å². The number of thiophene rings is 1. The molecule has 0 aliphatic rings. The Labute approximate surface area is 134 Å².